The molecule has 0 bridgehead atoms. The van der Waals surface area contributed by atoms with Gasteiger partial charge in [-0.2, -0.15) is 5.10 Å². The molecule has 19 heavy (non-hydrogen) atoms. The Balaban J connectivity index is 2.08. The van der Waals surface area contributed by atoms with E-state index in [4.69, 9.17) is 0 Å². The molecular weight excluding hydrogens is 238 g/mol. The van der Waals surface area contributed by atoms with E-state index in [1.54, 1.807) is 12.1 Å². The number of rotatable bonds is 4. The molecule has 102 valence electrons. The van der Waals surface area contributed by atoms with Gasteiger partial charge in [-0.1, -0.05) is 12.1 Å². The molecule has 0 spiro atoms. The fourth-order valence-electron chi connectivity index (χ4n) is 2.26. The summed E-state index contributed by atoms with van der Waals surface area (Å²) in [6.07, 6.45) is 1.91. The Kier molecular flexibility index (Phi) is 3.90. The van der Waals surface area contributed by atoms with Gasteiger partial charge in [-0.25, -0.2) is 0 Å². The van der Waals surface area contributed by atoms with Crippen molar-refractivity contribution in [2.45, 2.75) is 32.9 Å². The summed E-state index contributed by atoms with van der Waals surface area (Å²) in [4.78, 5) is 0. The molecule has 0 aliphatic carbocycles. The molecule has 2 unspecified atom stereocenters. The third-order valence-electron chi connectivity index (χ3n) is 3.63. The van der Waals surface area contributed by atoms with E-state index in [0.717, 1.165) is 5.56 Å². The number of aromatic hydroxyl groups is 1. The molecule has 0 aliphatic rings. The highest BCUT2D eigenvalue weighted by atomic mass is 16.3. The number of aromatic nitrogens is 2. The maximum absolute atomic E-state index is 9.31. The molecule has 2 atom stereocenters. The fourth-order valence-corrected chi connectivity index (χ4v) is 2.26. The molecule has 2 aromatic rings. The van der Waals surface area contributed by atoms with Gasteiger partial charge in [0.1, 0.15) is 5.75 Å². The monoisotopic (exact) mass is 259 g/mol. The highest BCUT2D eigenvalue weighted by molar-refractivity contribution is 5.28. The number of hydrogen-bond donors (Lipinski definition) is 2. The van der Waals surface area contributed by atoms with Crippen LogP contribution in [0.2, 0.25) is 0 Å². The minimum absolute atomic E-state index is 0.218. The summed E-state index contributed by atoms with van der Waals surface area (Å²) in [6, 6.07) is 7.76. The Morgan fingerprint density at radius 2 is 1.79 bits per heavy atom. The van der Waals surface area contributed by atoms with Crippen LogP contribution in [0.1, 0.15) is 42.8 Å². The Labute approximate surface area is 114 Å². The molecule has 0 amide bonds. The number of phenolic OH excluding ortho intramolecular Hbond substituents is 1. The first-order valence-corrected chi connectivity index (χ1v) is 6.52. The van der Waals surface area contributed by atoms with E-state index in [9.17, 15) is 5.11 Å². The summed E-state index contributed by atoms with van der Waals surface area (Å²) in [6.45, 7) is 6.33. The highest BCUT2D eigenvalue weighted by Crippen LogP contribution is 2.22. The number of hydrogen-bond acceptors (Lipinski definition) is 3. The number of phenols is 1. The van der Waals surface area contributed by atoms with Crippen molar-refractivity contribution in [3.63, 3.8) is 0 Å². The van der Waals surface area contributed by atoms with Crippen LogP contribution in [0.5, 0.6) is 5.75 Å². The van der Waals surface area contributed by atoms with Gasteiger partial charge in [0, 0.05) is 30.4 Å². The Hall–Kier alpha value is -1.81. The number of aryl methyl sites for hydroxylation is 1. The largest absolute Gasteiger partial charge is 0.508 e. The van der Waals surface area contributed by atoms with Gasteiger partial charge in [-0.05, 0) is 38.5 Å². The minimum atomic E-state index is 0.218. The third-order valence-corrected chi connectivity index (χ3v) is 3.63. The van der Waals surface area contributed by atoms with Gasteiger partial charge >= 0.3 is 0 Å². The van der Waals surface area contributed by atoms with Crippen LogP contribution in [0.15, 0.2) is 30.5 Å². The van der Waals surface area contributed by atoms with Crippen molar-refractivity contribution in [3.8, 4) is 5.75 Å². The predicted molar refractivity (Wildman–Crippen MR) is 76.0 cm³/mol. The van der Waals surface area contributed by atoms with Crippen LogP contribution in [0.25, 0.3) is 0 Å². The van der Waals surface area contributed by atoms with E-state index in [0.29, 0.717) is 5.75 Å². The molecular formula is C15H21N3O. The van der Waals surface area contributed by atoms with E-state index in [-0.39, 0.29) is 12.1 Å². The molecule has 1 heterocycles. The molecule has 0 fully saturated rings. The van der Waals surface area contributed by atoms with Gasteiger partial charge in [0.05, 0.1) is 6.20 Å². The fraction of sp³-hybridized carbons (Fsp3) is 0.400. The summed E-state index contributed by atoms with van der Waals surface area (Å²) in [5.41, 5.74) is 3.55. The SMILES string of the molecule is Cc1c(C(C)NC(C)c2ccc(O)cc2)cnn1C. The van der Waals surface area contributed by atoms with Gasteiger partial charge in [0.2, 0.25) is 0 Å². The van der Waals surface area contributed by atoms with Crippen molar-refractivity contribution >= 4 is 0 Å². The molecule has 0 radical (unpaired) electrons. The lowest BCUT2D eigenvalue weighted by Crippen LogP contribution is -2.22. The molecule has 2 N–H and O–H groups in total. The second kappa shape index (κ2) is 5.45. The van der Waals surface area contributed by atoms with Gasteiger partial charge in [0.15, 0.2) is 0 Å². The van der Waals surface area contributed by atoms with Crippen molar-refractivity contribution in [2.24, 2.45) is 7.05 Å². The average molecular weight is 259 g/mol. The standard InChI is InChI=1S/C15H21N3O/c1-10(13-5-7-14(19)8-6-13)17-11(2)15-9-16-18(4)12(15)3/h5-11,17,19H,1-4H3. The van der Waals surface area contributed by atoms with Gasteiger partial charge in [0.25, 0.3) is 0 Å². The molecule has 2 rings (SSSR count). The molecule has 1 aromatic carbocycles. The first-order valence-electron chi connectivity index (χ1n) is 6.52. The van der Waals surface area contributed by atoms with Crippen molar-refractivity contribution in [3.05, 3.63) is 47.3 Å². The third kappa shape index (κ3) is 2.96. The minimum Gasteiger partial charge on any atom is -0.508 e. The molecule has 0 saturated carbocycles. The van der Waals surface area contributed by atoms with Crippen molar-refractivity contribution in [1.29, 1.82) is 0 Å². The summed E-state index contributed by atoms with van der Waals surface area (Å²) >= 11 is 0. The van der Waals surface area contributed by atoms with Gasteiger partial charge in [-0.15, -0.1) is 0 Å². The van der Waals surface area contributed by atoms with Crippen molar-refractivity contribution < 1.29 is 5.11 Å². The Morgan fingerprint density at radius 3 is 2.32 bits per heavy atom. The molecule has 4 heteroatoms. The van der Waals surface area contributed by atoms with E-state index < -0.39 is 0 Å². The van der Waals surface area contributed by atoms with Crippen LogP contribution >= 0.6 is 0 Å². The van der Waals surface area contributed by atoms with E-state index in [2.05, 4.69) is 31.2 Å². The number of benzene rings is 1. The van der Waals surface area contributed by atoms with Crippen LogP contribution in [-0.2, 0) is 7.05 Å². The summed E-state index contributed by atoms with van der Waals surface area (Å²) in [7, 11) is 1.95. The van der Waals surface area contributed by atoms with Crippen LogP contribution in [-0.4, -0.2) is 14.9 Å². The van der Waals surface area contributed by atoms with Crippen molar-refractivity contribution in [1.82, 2.24) is 15.1 Å². The first kappa shape index (κ1) is 13.6. The van der Waals surface area contributed by atoms with Crippen LogP contribution in [0, 0.1) is 6.92 Å². The zero-order valence-electron chi connectivity index (χ0n) is 11.9. The molecule has 4 nitrogen and oxygen atoms in total. The molecule has 1 aromatic heterocycles. The maximum atomic E-state index is 9.31. The lowest BCUT2D eigenvalue weighted by molar-refractivity contribution is 0.472. The quantitative estimate of drug-likeness (QED) is 0.887. The van der Waals surface area contributed by atoms with E-state index in [1.165, 1.54) is 11.3 Å². The van der Waals surface area contributed by atoms with Gasteiger partial charge < -0.3 is 10.4 Å². The Morgan fingerprint density at radius 1 is 1.16 bits per heavy atom. The zero-order chi connectivity index (χ0) is 14.0. The molecule has 0 aliphatic heterocycles. The first-order chi connectivity index (χ1) is 8.99. The maximum Gasteiger partial charge on any atom is 0.115 e. The summed E-state index contributed by atoms with van der Waals surface area (Å²) in [5, 5.41) is 17.1. The lowest BCUT2D eigenvalue weighted by atomic mass is 10.0. The van der Waals surface area contributed by atoms with Crippen molar-refractivity contribution in [2.75, 3.05) is 0 Å². The van der Waals surface area contributed by atoms with E-state index in [1.807, 2.05) is 30.1 Å². The van der Waals surface area contributed by atoms with Crippen LogP contribution in [0.3, 0.4) is 0 Å². The Bertz CT molecular complexity index is 545. The van der Waals surface area contributed by atoms with Crippen LogP contribution in [0.4, 0.5) is 0 Å². The van der Waals surface area contributed by atoms with Gasteiger partial charge in [-0.3, -0.25) is 4.68 Å². The summed E-state index contributed by atoms with van der Waals surface area (Å²) in [5.74, 6) is 0.298. The average Bonchev–Trinajstić information content (AvgIpc) is 2.70. The molecule has 0 saturated heterocycles. The zero-order valence-corrected chi connectivity index (χ0v) is 11.9. The smallest absolute Gasteiger partial charge is 0.115 e. The second-order valence-corrected chi connectivity index (χ2v) is 5.01. The number of nitrogens with one attached hydrogen (secondary N) is 1. The predicted octanol–water partition coefficient (Wildman–Crippen LogP) is 2.85. The summed E-state index contributed by atoms with van der Waals surface area (Å²) < 4.78 is 1.89. The highest BCUT2D eigenvalue weighted by Gasteiger charge is 2.15. The topological polar surface area (TPSA) is 50.1 Å². The lowest BCUT2D eigenvalue weighted by Gasteiger charge is -2.20. The normalized spacial score (nSPS) is 14.3. The van der Waals surface area contributed by atoms with Crippen LogP contribution < -0.4 is 5.32 Å². The number of nitrogens with zero attached hydrogens (tertiary/aromatic N) is 2. The van der Waals surface area contributed by atoms with E-state index >= 15 is 0 Å². The second-order valence-electron chi connectivity index (χ2n) is 5.01.